The van der Waals surface area contributed by atoms with Crippen molar-refractivity contribution in [1.82, 2.24) is 20.0 Å². The number of benzene rings is 2. The molecule has 1 amide bonds. The molecule has 1 aliphatic heterocycles. The molecule has 0 saturated carbocycles. The average molecular weight is 437 g/mol. The van der Waals surface area contributed by atoms with Crippen molar-refractivity contribution < 1.29 is 13.9 Å². The van der Waals surface area contributed by atoms with E-state index in [1.807, 2.05) is 32.0 Å². The quantitative estimate of drug-likeness (QED) is 0.573. The van der Waals surface area contributed by atoms with Crippen molar-refractivity contribution in [3.05, 3.63) is 71.2 Å². The minimum absolute atomic E-state index is 0.172. The molecule has 2 heterocycles. The van der Waals surface area contributed by atoms with Gasteiger partial charge in [-0.3, -0.25) is 9.69 Å². The van der Waals surface area contributed by atoms with Crippen LogP contribution in [0.25, 0.3) is 16.9 Å². The van der Waals surface area contributed by atoms with E-state index in [0.717, 1.165) is 61.6 Å². The number of nitrogens with zero attached hydrogens (tertiary/aromatic N) is 3. The topological polar surface area (TPSA) is 59.4 Å². The lowest BCUT2D eigenvalue weighted by Gasteiger charge is -2.26. The van der Waals surface area contributed by atoms with Crippen LogP contribution in [0.5, 0.6) is 0 Å². The highest BCUT2D eigenvalue weighted by Gasteiger charge is 2.19. The van der Waals surface area contributed by atoms with E-state index in [9.17, 15) is 9.18 Å². The van der Waals surface area contributed by atoms with Crippen LogP contribution >= 0.6 is 0 Å². The van der Waals surface area contributed by atoms with Crippen LogP contribution in [-0.2, 0) is 4.74 Å². The summed E-state index contributed by atoms with van der Waals surface area (Å²) in [5.41, 5.74) is 4.81. The molecule has 6 nitrogen and oxygen atoms in total. The van der Waals surface area contributed by atoms with Crippen molar-refractivity contribution in [2.45, 2.75) is 20.3 Å². The van der Waals surface area contributed by atoms with E-state index < -0.39 is 0 Å². The van der Waals surface area contributed by atoms with Crippen LogP contribution in [0, 0.1) is 19.7 Å². The van der Waals surface area contributed by atoms with Gasteiger partial charge in [0.2, 0.25) is 0 Å². The van der Waals surface area contributed by atoms with Gasteiger partial charge in [0.1, 0.15) is 11.5 Å². The highest BCUT2D eigenvalue weighted by molar-refractivity contribution is 5.94. The van der Waals surface area contributed by atoms with Crippen molar-refractivity contribution in [2.24, 2.45) is 0 Å². The molecule has 1 aromatic heterocycles. The van der Waals surface area contributed by atoms with Crippen molar-refractivity contribution in [1.29, 1.82) is 0 Å². The Morgan fingerprint density at radius 2 is 1.84 bits per heavy atom. The fourth-order valence-corrected chi connectivity index (χ4v) is 3.86. The van der Waals surface area contributed by atoms with Gasteiger partial charge in [-0.1, -0.05) is 12.1 Å². The molecule has 0 radical (unpaired) electrons. The van der Waals surface area contributed by atoms with Gasteiger partial charge in [0.15, 0.2) is 0 Å². The first-order chi connectivity index (χ1) is 15.5. The van der Waals surface area contributed by atoms with Gasteiger partial charge in [0.25, 0.3) is 5.91 Å². The Kier molecular flexibility index (Phi) is 6.97. The number of aromatic nitrogens is 2. The normalized spacial score (nSPS) is 14.5. The van der Waals surface area contributed by atoms with Crippen molar-refractivity contribution in [3.8, 4) is 16.9 Å². The summed E-state index contributed by atoms with van der Waals surface area (Å²) >= 11 is 0. The summed E-state index contributed by atoms with van der Waals surface area (Å²) in [6.45, 7) is 8.95. The lowest BCUT2D eigenvalue weighted by atomic mass is 10.1. The molecule has 1 aliphatic rings. The van der Waals surface area contributed by atoms with E-state index >= 15 is 0 Å². The Labute approximate surface area is 188 Å². The molecule has 2 aromatic carbocycles. The third kappa shape index (κ3) is 5.23. The van der Waals surface area contributed by atoms with Gasteiger partial charge in [-0.2, -0.15) is 5.10 Å². The molecule has 1 saturated heterocycles. The van der Waals surface area contributed by atoms with E-state index in [1.165, 1.54) is 12.1 Å². The molecule has 4 rings (SSSR count). The molecule has 7 heteroatoms. The lowest BCUT2D eigenvalue weighted by Crippen LogP contribution is -2.38. The predicted octanol–water partition coefficient (Wildman–Crippen LogP) is 3.75. The molecule has 32 heavy (non-hydrogen) atoms. The molecular formula is C25H29FN4O2. The fourth-order valence-electron chi connectivity index (χ4n) is 3.86. The molecule has 0 bridgehead atoms. The summed E-state index contributed by atoms with van der Waals surface area (Å²) in [7, 11) is 0. The monoisotopic (exact) mass is 436 g/mol. The van der Waals surface area contributed by atoms with Crippen LogP contribution in [0.1, 0.15) is 28.0 Å². The first-order valence-corrected chi connectivity index (χ1v) is 11.0. The summed E-state index contributed by atoms with van der Waals surface area (Å²) in [6, 6.07) is 14.0. The van der Waals surface area contributed by atoms with Gasteiger partial charge in [-0.25, -0.2) is 9.07 Å². The average Bonchev–Trinajstić information content (AvgIpc) is 3.25. The van der Waals surface area contributed by atoms with Gasteiger partial charge < -0.3 is 10.1 Å². The number of carbonyl (C=O) groups excluding carboxylic acids is 1. The first-order valence-electron chi connectivity index (χ1n) is 11.0. The lowest BCUT2D eigenvalue weighted by molar-refractivity contribution is 0.0374. The Balaban J connectivity index is 1.55. The molecule has 0 spiro atoms. The number of aryl methyl sites for hydroxylation is 2. The maximum Gasteiger partial charge on any atom is 0.270 e. The number of ether oxygens (including phenoxy) is 1. The SMILES string of the molecule is Cc1ccc(C)c(-n2nc(-c3ccc(F)cc3)cc2C(=O)NCCCN2CCOCC2)c1. The standard InChI is InChI=1S/C25H29FN4O2/c1-18-4-5-19(2)23(16-18)30-24(17-22(28-30)20-6-8-21(26)9-7-20)25(31)27-10-3-11-29-12-14-32-15-13-29/h4-9,16-17H,3,10-15H2,1-2H3,(H,27,31). The maximum atomic E-state index is 13.4. The predicted molar refractivity (Wildman–Crippen MR) is 123 cm³/mol. The number of hydrogen-bond donors (Lipinski definition) is 1. The fraction of sp³-hybridized carbons (Fsp3) is 0.360. The van der Waals surface area contributed by atoms with Crippen LogP contribution in [0.4, 0.5) is 4.39 Å². The maximum absolute atomic E-state index is 13.4. The van der Waals surface area contributed by atoms with Gasteiger partial charge in [-0.15, -0.1) is 0 Å². The largest absolute Gasteiger partial charge is 0.379 e. The minimum atomic E-state index is -0.305. The van der Waals surface area contributed by atoms with Crippen LogP contribution in [0.2, 0.25) is 0 Å². The number of amides is 1. The zero-order valence-corrected chi connectivity index (χ0v) is 18.6. The molecule has 168 valence electrons. The highest BCUT2D eigenvalue weighted by atomic mass is 19.1. The molecule has 0 aliphatic carbocycles. The third-order valence-electron chi connectivity index (χ3n) is 5.72. The smallest absolute Gasteiger partial charge is 0.270 e. The zero-order valence-electron chi connectivity index (χ0n) is 18.6. The second-order valence-electron chi connectivity index (χ2n) is 8.19. The van der Waals surface area contributed by atoms with Crippen LogP contribution in [-0.4, -0.2) is 60.0 Å². The summed E-state index contributed by atoms with van der Waals surface area (Å²) in [5, 5.41) is 7.76. The van der Waals surface area contributed by atoms with Crippen LogP contribution in [0.3, 0.4) is 0 Å². The van der Waals surface area contributed by atoms with E-state index in [2.05, 4.69) is 10.2 Å². The van der Waals surface area contributed by atoms with Gasteiger partial charge in [-0.05, 0) is 74.3 Å². The third-order valence-corrected chi connectivity index (χ3v) is 5.72. The number of carbonyl (C=O) groups is 1. The number of morpholine rings is 1. The van der Waals surface area contributed by atoms with E-state index in [4.69, 9.17) is 9.84 Å². The number of hydrogen-bond acceptors (Lipinski definition) is 4. The van der Waals surface area contributed by atoms with E-state index in [-0.39, 0.29) is 11.7 Å². The Morgan fingerprint density at radius 1 is 1.09 bits per heavy atom. The highest BCUT2D eigenvalue weighted by Crippen LogP contribution is 2.24. The Bertz CT molecular complexity index is 1070. The first kappa shape index (κ1) is 22.2. The second kappa shape index (κ2) is 10.1. The molecule has 3 aromatic rings. The summed E-state index contributed by atoms with van der Waals surface area (Å²) < 4.78 is 20.5. The van der Waals surface area contributed by atoms with Crippen molar-refractivity contribution >= 4 is 5.91 Å². The number of rotatable bonds is 7. The minimum Gasteiger partial charge on any atom is -0.379 e. The summed E-state index contributed by atoms with van der Waals surface area (Å²) in [5.74, 6) is -0.477. The van der Waals surface area contributed by atoms with Gasteiger partial charge in [0, 0.05) is 25.2 Å². The summed E-state index contributed by atoms with van der Waals surface area (Å²) in [4.78, 5) is 15.5. The summed E-state index contributed by atoms with van der Waals surface area (Å²) in [6.07, 6.45) is 0.869. The molecule has 0 unspecified atom stereocenters. The van der Waals surface area contributed by atoms with Crippen LogP contribution < -0.4 is 5.32 Å². The van der Waals surface area contributed by atoms with E-state index in [1.54, 1.807) is 22.9 Å². The van der Waals surface area contributed by atoms with E-state index in [0.29, 0.717) is 17.9 Å². The van der Waals surface area contributed by atoms with Crippen molar-refractivity contribution in [2.75, 3.05) is 39.4 Å². The molecule has 1 N–H and O–H groups in total. The number of nitrogens with one attached hydrogen (secondary N) is 1. The van der Waals surface area contributed by atoms with Crippen molar-refractivity contribution in [3.63, 3.8) is 0 Å². The second-order valence-corrected chi connectivity index (χ2v) is 8.19. The van der Waals surface area contributed by atoms with Gasteiger partial charge >= 0.3 is 0 Å². The van der Waals surface area contributed by atoms with Gasteiger partial charge in [0.05, 0.1) is 24.6 Å². The Morgan fingerprint density at radius 3 is 2.59 bits per heavy atom. The Hall–Kier alpha value is -3.03. The molecule has 1 fully saturated rings. The molecular weight excluding hydrogens is 407 g/mol. The van der Waals surface area contributed by atoms with Crippen LogP contribution in [0.15, 0.2) is 48.5 Å². The zero-order chi connectivity index (χ0) is 22.5. The molecule has 0 atom stereocenters. The number of halogens is 1.